The lowest BCUT2D eigenvalue weighted by Gasteiger charge is -2.13. The molecular formula is C22H24N2O4. The maximum absolute atomic E-state index is 12.4. The summed E-state index contributed by atoms with van der Waals surface area (Å²) in [6, 6.07) is 16.3. The summed E-state index contributed by atoms with van der Waals surface area (Å²) in [4.78, 5) is 24.4. The number of allylic oxidation sites excluding steroid dienone is 2. The summed E-state index contributed by atoms with van der Waals surface area (Å²) in [5.74, 6) is 0.813. The standard InChI is InChI=1S/C22H24N2O4/c25-21(16-17-8-4-5-9-17)23-24-22(26)19-12-6-7-13-20(19)28-15-14-27-18-10-2-1-3-11-18/h1-4,6-8,10-13,17H,5,9,14-16H2,(H,23,25)(H,24,26)/t17-/m1/s1. The SMILES string of the molecule is O=C(C[C@@H]1C=CCC1)NNC(=O)c1ccccc1OCCOc1ccccc1. The average Bonchev–Trinajstić information content (AvgIpc) is 3.23. The Morgan fingerprint density at radius 1 is 0.929 bits per heavy atom. The Labute approximate surface area is 164 Å². The van der Waals surface area contributed by atoms with Gasteiger partial charge in [0, 0.05) is 6.42 Å². The van der Waals surface area contributed by atoms with Crippen LogP contribution in [0.2, 0.25) is 0 Å². The number of benzene rings is 2. The molecule has 0 saturated heterocycles. The molecule has 6 heteroatoms. The Balaban J connectivity index is 1.46. The summed E-state index contributed by atoms with van der Waals surface area (Å²) in [7, 11) is 0. The van der Waals surface area contributed by atoms with Crippen molar-refractivity contribution in [2.75, 3.05) is 13.2 Å². The molecule has 6 nitrogen and oxygen atoms in total. The van der Waals surface area contributed by atoms with Crippen LogP contribution < -0.4 is 20.3 Å². The first-order valence-electron chi connectivity index (χ1n) is 9.38. The highest BCUT2D eigenvalue weighted by atomic mass is 16.5. The summed E-state index contributed by atoms with van der Waals surface area (Å²) >= 11 is 0. The number of nitrogens with one attached hydrogen (secondary N) is 2. The van der Waals surface area contributed by atoms with E-state index in [0.717, 1.165) is 18.6 Å². The zero-order chi connectivity index (χ0) is 19.6. The predicted octanol–water partition coefficient (Wildman–Crippen LogP) is 3.26. The molecule has 0 aliphatic heterocycles. The van der Waals surface area contributed by atoms with E-state index < -0.39 is 5.91 Å². The van der Waals surface area contributed by atoms with Gasteiger partial charge >= 0.3 is 0 Å². The van der Waals surface area contributed by atoms with Gasteiger partial charge in [-0.05, 0) is 43.0 Å². The normalized spacial score (nSPS) is 15.1. The molecule has 0 unspecified atom stereocenters. The molecule has 2 aromatic rings. The molecule has 2 aromatic carbocycles. The molecule has 0 fully saturated rings. The molecule has 0 bridgehead atoms. The Kier molecular flexibility index (Phi) is 7.07. The zero-order valence-electron chi connectivity index (χ0n) is 15.6. The number of hydrogen-bond acceptors (Lipinski definition) is 4. The second kappa shape index (κ2) is 10.2. The third kappa shape index (κ3) is 5.87. The quantitative estimate of drug-likeness (QED) is 0.419. The van der Waals surface area contributed by atoms with Crippen LogP contribution in [0.4, 0.5) is 0 Å². The summed E-state index contributed by atoms with van der Waals surface area (Å²) < 4.78 is 11.3. The van der Waals surface area contributed by atoms with E-state index in [-0.39, 0.29) is 11.8 Å². The Morgan fingerprint density at radius 3 is 2.46 bits per heavy atom. The minimum absolute atomic E-state index is 0.209. The fraction of sp³-hybridized carbons (Fsp3) is 0.273. The minimum atomic E-state index is -0.421. The number of para-hydroxylation sites is 2. The molecule has 2 N–H and O–H groups in total. The lowest BCUT2D eigenvalue weighted by atomic mass is 10.1. The topological polar surface area (TPSA) is 76.7 Å². The van der Waals surface area contributed by atoms with Gasteiger partial charge < -0.3 is 9.47 Å². The smallest absolute Gasteiger partial charge is 0.273 e. The number of ether oxygens (including phenoxy) is 2. The van der Waals surface area contributed by atoms with Crippen LogP contribution in [0, 0.1) is 5.92 Å². The number of hydrazine groups is 1. The van der Waals surface area contributed by atoms with E-state index in [1.54, 1.807) is 24.3 Å². The lowest BCUT2D eigenvalue weighted by molar-refractivity contribution is -0.122. The first kappa shape index (κ1) is 19.5. The summed E-state index contributed by atoms with van der Waals surface area (Å²) in [6.07, 6.45) is 6.46. The highest BCUT2D eigenvalue weighted by Crippen LogP contribution is 2.20. The van der Waals surface area contributed by atoms with E-state index in [9.17, 15) is 9.59 Å². The second-order valence-electron chi connectivity index (χ2n) is 6.48. The minimum Gasteiger partial charge on any atom is -0.490 e. The summed E-state index contributed by atoms with van der Waals surface area (Å²) in [5, 5.41) is 0. The Hall–Kier alpha value is -3.28. The molecule has 2 amide bonds. The molecule has 0 saturated carbocycles. The predicted molar refractivity (Wildman–Crippen MR) is 106 cm³/mol. The maximum Gasteiger partial charge on any atom is 0.273 e. The first-order chi connectivity index (χ1) is 13.7. The number of rotatable bonds is 8. The van der Waals surface area contributed by atoms with Gasteiger partial charge in [0.05, 0.1) is 5.56 Å². The van der Waals surface area contributed by atoms with Crippen molar-refractivity contribution in [3.8, 4) is 11.5 Å². The third-order valence-corrected chi connectivity index (χ3v) is 4.36. The van der Waals surface area contributed by atoms with Gasteiger partial charge in [-0.1, -0.05) is 42.5 Å². The van der Waals surface area contributed by atoms with Crippen LogP contribution in [0.15, 0.2) is 66.7 Å². The van der Waals surface area contributed by atoms with Crippen LogP contribution in [-0.4, -0.2) is 25.0 Å². The van der Waals surface area contributed by atoms with Crippen LogP contribution >= 0.6 is 0 Å². The largest absolute Gasteiger partial charge is 0.490 e. The van der Waals surface area contributed by atoms with Crippen molar-refractivity contribution in [2.45, 2.75) is 19.3 Å². The van der Waals surface area contributed by atoms with Crippen LogP contribution in [0.25, 0.3) is 0 Å². The molecule has 0 spiro atoms. The fourth-order valence-corrected chi connectivity index (χ4v) is 2.96. The van der Waals surface area contributed by atoms with Gasteiger partial charge in [-0.15, -0.1) is 0 Å². The molecule has 1 aliphatic carbocycles. The van der Waals surface area contributed by atoms with E-state index in [2.05, 4.69) is 16.9 Å². The zero-order valence-corrected chi connectivity index (χ0v) is 15.6. The van der Waals surface area contributed by atoms with E-state index in [0.29, 0.717) is 30.9 Å². The molecular weight excluding hydrogens is 356 g/mol. The molecule has 0 radical (unpaired) electrons. The van der Waals surface area contributed by atoms with Crippen molar-refractivity contribution in [2.24, 2.45) is 5.92 Å². The maximum atomic E-state index is 12.4. The summed E-state index contributed by atoms with van der Waals surface area (Å²) in [5.41, 5.74) is 5.28. The monoisotopic (exact) mass is 380 g/mol. The van der Waals surface area contributed by atoms with Crippen molar-refractivity contribution >= 4 is 11.8 Å². The highest BCUT2D eigenvalue weighted by molar-refractivity contribution is 5.97. The van der Waals surface area contributed by atoms with Crippen LogP contribution in [0.3, 0.4) is 0 Å². The van der Waals surface area contributed by atoms with Crippen molar-refractivity contribution in [3.63, 3.8) is 0 Å². The molecule has 0 heterocycles. The van der Waals surface area contributed by atoms with Crippen molar-refractivity contribution in [3.05, 3.63) is 72.3 Å². The van der Waals surface area contributed by atoms with E-state index >= 15 is 0 Å². The van der Waals surface area contributed by atoms with Crippen LogP contribution in [0.5, 0.6) is 11.5 Å². The number of hydrogen-bond donors (Lipinski definition) is 2. The molecule has 28 heavy (non-hydrogen) atoms. The summed E-state index contributed by atoms with van der Waals surface area (Å²) in [6.45, 7) is 0.644. The Morgan fingerprint density at radius 2 is 1.68 bits per heavy atom. The van der Waals surface area contributed by atoms with Gasteiger partial charge in [-0.2, -0.15) is 0 Å². The van der Waals surface area contributed by atoms with Gasteiger partial charge in [0.1, 0.15) is 24.7 Å². The second-order valence-corrected chi connectivity index (χ2v) is 6.48. The molecule has 1 aliphatic rings. The number of carbonyl (C=O) groups is 2. The van der Waals surface area contributed by atoms with Gasteiger partial charge in [0.25, 0.3) is 5.91 Å². The lowest BCUT2D eigenvalue weighted by Crippen LogP contribution is -2.42. The van der Waals surface area contributed by atoms with Crippen molar-refractivity contribution in [1.29, 1.82) is 0 Å². The van der Waals surface area contributed by atoms with E-state index in [1.165, 1.54) is 0 Å². The molecule has 1 atom stereocenters. The first-order valence-corrected chi connectivity index (χ1v) is 9.38. The van der Waals surface area contributed by atoms with Crippen molar-refractivity contribution < 1.29 is 19.1 Å². The van der Waals surface area contributed by atoms with Gasteiger partial charge in [0.2, 0.25) is 5.91 Å². The molecule has 3 rings (SSSR count). The average molecular weight is 380 g/mol. The Bertz CT molecular complexity index is 820. The van der Waals surface area contributed by atoms with Gasteiger partial charge in [-0.25, -0.2) is 0 Å². The van der Waals surface area contributed by atoms with Crippen LogP contribution in [0.1, 0.15) is 29.6 Å². The van der Waals surface area contributed by atoms with E-state index in [1.807, 2.05) is 36.4 Å². The van der Waals surface area contributed by atoms with Crippen molar-refractivity contribution in [1.82, 2.24) is 10.9 Å². The molecule has 146 valence electrons. The van der Waals surface area contributed by atoms with Gasteiger partial charge in [0.15, 0.2) is 0 Å². The van der Waals surface area contributed by atoms with Crippen LogP contribution in [-0.2, 0) is 4.79 Å². The molecule has 0 aromatic heterocycles. The number of carbonyl (C=O) groups excluding carboxylic acids is 2. The van der Waals surface area contributed by atoms with E-state index in [4.69, 9.17) is 9.47 Å². The third-order valence-electron chi connectivity index (χ3n) is 4.36. The van der Waals surface area contributed by atoms with Gasteiger partial charge in [-0.3, -0.25) is 20.4 Å². The highest BCUT2D eigenvalue weighted by Gasteiger charge is 2.16. The number of amides is 2. The fourth-order valence-electron chi connectivity index (χ4n) is 2.96.